The lowest BCUT2D eigenvalue weighted by Crippen LogP contribution is -2.23. The Balaban J connectivity index is 2.22. The molecule has 0 bridgehead atoms. The standard InChI is InChI=1S/C12H12N2O4/c1-2-11-10(7-15)13-12(18-11)8-3-5-9(6-4-8)14(16)17/h2-6,10-11,15H,1,7H2/t10-,11-/m0/s1. The van der Waals surface area contributed by atoms with Crippen molar-refractivity contribution in [3.63, 3.8) is 0 Å². The second-order valence-corrected chi connectivity index (χ2v) is 3.81. The van der Waals surface area contributed by atoms with Gasteiger partial charge in [-0.05, 0) is 18.2 Å². The molecule has 6 heteroatoms. The van der Waals surface area contributed by atoms with Gasteiger partial charge in [0.2, 0.25) is 5.90 Å². The first-order valence-corrected chi connectivity index (χ1v) is 5.38. The molecule has 0 aliphatic carbocycles. The minimum atomic E-state index is -0.468. The summed E-state index contributed by atoms with van der Waals surface area (Å²) in [6.07, 6.45) is 1.21. The van der Waals surface area contributed by atoms with E-state index < -0.39 is 4.92 Å². The first-order valence-electron chi connectivity index (χ1n) is 5.38. The number of ether oxygens (including phenoxy) is 1. The molecule has 0 unspecified atom stereocenters. The van der Waals surface area contributed by atoms with E-state index in [4.69, 9.17) is 9.84 Å². The maximum absolute atomic E-state index is 10.5. The van der Waals surface area contributed by atoms with Crippen LogP contribution >= 0.6 is 0 Å². The third-order valence-corrected chi connectivity index (χ3v) is 2.65. The van der Waals surface area contributed by atoms with E-state index in [0.29, 0.717) is 11.5 Å². The van der Waals surface area contributed by atoms with Crippen molar-refractivity contribution in [2.45, 2.75) is 12.1 Å². The van der Waals surface area contributed by atoms with Crippen LogP contribution in [0.4, 0.5) is 5.69 Å². The number of aliphatic imine (C=N–C) groups is 1. The Morgan fingerprint density at radius 3 is 2.61 bits per heavy atom. The predicted molar refractivity (Wildman–Crippen MR) is 65.6 cm³/mol. The van der Waals surface area contributed by atoms with Crippen LogP contribution in [0, 0.1) is 10.1 Å². The van der Waals surface area contributed by atoms with Crippen LogP contribution in [0.1, 0.15) is 5.56 Å². The van der Waals surface area contributed by atoms with E-state index in [1.807, 2.05) is 0 Å². The SMILES string of the molecule is C=C[C@@H]1OC(c2ccc([N+](=O)[O-])cc2)=N[C@H]1CO. The number of aliphatic hydroxyl groups excluding tert-OH is 1. The third kappa shape index (κ3) is 2.23. The van der Waals surface area contributed by atoms with Crippen LogP contribution in [-0.2, 0) is 4.74 Å². The minimum absolute atomic E-state index is 0.0105. The zero-order chi connectivity index (χ0) is 13.1. The van der Waals surface area contributed by atoms with Crippen molar-refractivity contribution in [3.05, 3.63) is 52.6 Å². The summed E-state index contributed by atoms with van der Waals surface area (Å²) < 4.78 is 5.50. The summed E-state index contributed by atoms with van der Waals surface area (Å²) in [7, 11) is 0. The smallest absolute Gasteiger partial charge is 0.269 e. The fraction of sp³-hybridized carbons (Fsp3) is 0.250. The summed E-state index contributed by atoms with van der Waals surface area (Å²) in [6, 6.07) is 5.54. The monoisotopic (exact) mass is 248 g/mol. The number of rotatable bonds is 4. The number of hydrogen-bond donors (Lipinski definition) is 1. The van der Waals surface area contributed by atoms with Gasteiger partial charge in [0.1, 0.15) is 12.1 Å². The Hall–Kier alpha value is -2.21. The lowest BCUT2D eigenvalue weighted by Gasteiger charge is -2.10. The number of nitro groups is 1. The Labute approximate surface area is 103 Å². The van der Waals surface area contributed by atoms with E-state index in [0.717, 1.165) is 0 Å². The lowest BCUT2D eigenvalue weighted by molar-refractivity contribution is -0.384. The number of nitro benzene ring substituents is 1. The van der Waals surface area contributed by atoms with E-state index in [2.05, 4.69) is 11.6 Å². The van der Waals surface area contributed by atoms with E-state index in [1.54, 1.807) is 18.2 Å². The van der Waals surface area contributed by atoms with Gasteiger partial charge in [-0.1, -0.05) is 6.58 Å². The molecule has 18 heavy (non-hydrogen) atoms. The lowest BCUT2D eigenvalue weighted by atomic mass is 10.2. The molecule has 1 N–H and O–H groups in total. The molecule has 6 nitrogen and oxygen atoms in total. The summed E-state index contributed by atoms with van der Waals surface area (Å²) in [5, 5.41) is 19.7. The summed E-state index contributed by atoms with van der Waals surface area (Å²) in [5.41, 5.74) is 0.653. The molecule has 2 rings (SSSR count). The zero-order valence-corrected chi connectivity index (χ0v) is 9.52. The Bertz CT molecular complexity index is 495. The Morgan fingerprint density at radius 2 is 2.17 bits per heavy atom. The topological polar surface area (TPSA) is 85.0 Å². The first kappa shape index (κ1) is 12.3. The Morgan fingerprint density at radius 1 is 1.50 bits per heavy atom. The van der Waals surface area contributed by atoms with E-state index in [1.165, 1.54) is 12.1 Å². The Kier molecular flexibility index (Phi) is 3.38. The maximum atomic E-state index is 10.5. The van der Waals surface area contributed by atoms with Crippen LogP contribution in [0.15, 0.2) is 41.9 Å². The molecule has 0 aromatic heterocycles. The van der Waals surface area contributed by atoms with Gasteiger partial charge in [0.15, 0.2) is 0 Å². The first-order chi connectivity index (χ1) is 8.65. The molecule has 1 aliphatic rings. The molecular weight excluding hydrogens is 236 g/mol. The fourth-order valence-corrected chi connectivity index (χ4v) is 1.68. The van der Waals surface area contributed by atoms with Gasteiger partial charge in [-0.15, -0.1) is 0 Å². The molecule has 1 aromatic carbocycles. The highest BCUT2D eigenvalue weighted by atomic mass is 16.6. The van der Waals surface area contributed by atoms with Crippen molar-refractivity contribution in [1.29, 1.82) is 0 Å². The molecule has 0 amide bonds. The quantitative estimate of drug-likeness (QED) is 0.494. The maximum Gasteiger partial charge on any atom is 0.269 e. The third-order valence-electron chi connectivity index (χ3n) is 2.65. The van der Waals surface area contributed by atoms with Gasteiger partial charge in [0.05, 0.1) is 11.5 Å². The van der Waals surface area contributed by atoms with Crippen LogP contribution in [0.2, 0.25) is 0 Å². The van der Waals surface area contributed by atoms with Crippen molar-refractivity contribution < 1.29 is 14.8 Å². The molecule has 1 heterocycles. The van der Waals surface area contributed by atoms with Gasteiger partial charge in [-0.3, -0.25) is 10.1 Å². The number of non-ortho nitro benzene ring substituents is 1. The molecule has 0 saturated heterocycles. The van der Waals surface area contributed by atoms with Crippen LogP contribution in [0.3, 0.4) is 0 Å². The highest BCUT2D eigenvalue weighted by Crippen LogP contribution is 2.20. The number of hydrogen-bond acceptors (Lipinski definition) is 5. The molecule has 0 radical (unpaired) electrons. The summed E-state index contributed by atoms with van der Waals surface area (Å²) >= 11 is 0. The average molecular weight is 248 g/mol. The van der Waals surface area contributed by atoms with Crippen LogP contribution in [0.25, 0.3) is 0 Å². The second-order valence-electron chi connectivity index (χ2n) is 3.81. The van der Waals surface area contributed by atoms with Crippen LogP contribution in [-0.4, -0.2) is 34.7 Å². The van der Waals surface area contributed by atoms with Crippen LogP contribution < -0.4 is 0 Å². The summed E-state index contributed by atoms with van der Waals surface area (Å²) in [6.45, 7) is 3.48. The van der Waals surface area contributed by atoms with Crippen molar-refractivity contribution in [2.24, 2.45) is 4.99 Å². The molecule has 0 spiro atoms. The minimum Gasteiger partial charge on any atom is -0.468 e. The molecule has 1 aromatic rings. The normalized spacial score (nSPS) is 22.2. The average Bonchev–Trinajstić information content (AvgIpc) is 2.82. The van der Waals surface area contributed by atoms with Crippen molar-refractivity contribution in [1.82, 2.24) is 0 Å². The predicted octanol–water partition coefficient (Wildman–Crippen LogP) is 1.29. The highest BCUT2D eigenvalue weighted by Gasteiger charge is 2.28. The second kappa shape index (κ2) is 4.97. The number of aliphatic hydroxyl groups is 1. The van der Waals surface area contributed by atoms with E-state index >= 15 is 0 Å². The van der Waals surface area contributed by atoms with Gasteiger partial charge in [0.25, 0.3) is 5.69 Å². The molecule has 1 aliphatic heterocycles. The summed E-state index contributed by atoms with van der Waals surface area (Å²) in [5.74, 6) is 0.369. The summed E-state index contributed by atoms with van der Waals surface area (Å²) in [4.78, 5) is 14.3. The molecule has 94 valence electrons. The number of nitrogens with zero attached hydrogens (tertiary/aromatic N) is 2. The van der Waals surface area contributed by atoms with Gasteiger partial charge in [-0.25, -0.2) is 4.99 Å². The van der Waals surface area contributed by atoms with Gasteiger partial charge in [0, 0.05) is 17.7 Å². The van der Waals surface area contributed by atoms with Crippen molar-refractivity contribution >= 4 is 11.6 Å². The zero-order valence-electron chi connectivity index (χ0n) is 9.52. The largest absolute Gasteiger partial charge is 0.468 e. The number of benzene rings is 1. The van der Waals surface area contributed by atoms with Crippen molar-refractivity contribution in [3.8, 4) is 0 Å². The van der Waals surface area contributed by atoms with E-state index in [9.17, 15) is 10.1 Å². The van der Waals surface area contributed by atoms with Gasteiger partial charge in [-0.2, -0.15) is 0 Å². The molecule has 0 saturated carbocycles. The van der Waals surface area contributed by atoms with Crippen molar-refractivity contribution in [2.75, 3.05) is 6.61 Å². The van der Waals surface area contributed by atoms with Gasteiger partial charge >= 0.3 is 0 Å². The molecule has 2 atom stereocenters. The van der Waals surface area contributed by atoms with Gasteiger partial charge < -0.3 is 9.84 Å². The fourth-order valence-electron chi connectivity index (χ4n) is 1.68. The molecule has 0 fully saturated rings. The van der Waals surface area contributed by atoms with Crippen LogP contribution in [0.5, 0.6) is 0 Å². The highest BCUT2D eigenvalue weighted by molar-refractivity contribution is 5.95. The molecular formula is C12H12N2O4. The van der Waals surface area contributed by atoms with E-state index in [-0.39, 0.29) is 24.4 Å².